The summed E-state index contributed by atoms with van der Waals surface area (Å²) in [4.78, 5) is 22.6. The third-order valence-corrected chi connectivity index (χ3v) is 3.82. The Labute approximate surface area is 134 Å². The lowest BCUT2D eigenvalue weighted by molar-refractivity contribution is -0.124. The first kappa shape index (κ1) is 15.4. The maximum atomic E-state index is 12.1. The molecule has 3 heterocycles. The number of nitrogens with zero attached hydrogens (tertiary/aromatic N) is 5. The van der Waals surface area contributed by atoms with Gasteiger partial charge in [-0.3, -0.25) is 4.79 Å². The van der Waals surface area contributed by atoms with E-state index in [1.165, 1.54) is 17.3 Å². The van der Waals surface area contributed by atoms with Crippen molar-refractivity contribution in [2.24, 2.45) is 0 Å². The Hall–Kier alpha value is -2.48. The van der Waals surface area contributed by atoms with E-state index in [4.69, 9.17) is 4.74 Å². The molecule has 2 aromatic heterocycles. The summed E-state index contributed by atoms with van der Waals surface area (Å²) in [7, 11) is 0. The van der Waals surface area contributed by atoms with Crippen LogP contribution < -0.4 is 10.2 Å². The van der Waals surface area contributed by atoms with Crippen LogP contribution in [0.2, 0.25) is 0 Å². The van der Waals surface area contributed by atoms with Crippen LogP contribution in [0.25, 0.3) is 0 Å². The summed E-state index contributed by atoms with van der Waals surface area (Å²) in [6, 6.07) is 3.57. The Bertz CT molecular complexity index is 622. The van der Waals surface area contributed by atoms with E-state index in [-0.39, 0.29) is 5.91 Å². The molecule has 1 saturated heterocycles. The van der Waals surface area contributed by atoms with Gasteiger partial charge in [-0.1, -0.05) is 6.07 Å². The highest BCUT2D eigenvalue weighted by Gasteiger charge is 2.15. The first-order chi connectivity index (χ1) is 11.2. The van der Waals surface area contributed by atoms with Gasteiger partial charge in [-0.15, -0.1) is 0 Å². The van der Waals surface area contributed by atoms with Gasteiger partial charge in [0.15, 0.2) is 0 Å². The van der Waals surface area contributed by atoms with E-state index in [0.717, 1.165) is 37.7 Å². The molecule has 1 aliphatic rings. The number of ether oxygens (including phenoxy) is 1. The molecule has 23 heavy (non-hydrogen) atoms. The van der Waals surface area contributed by atoms with Gasteiger partial charge >= 0.3 is 0 Å². The van der Waals surface area contributed by atoms with E-state index in [9.17, 15) is 4.79 Å². The average Bonchev–Trinajstić information content (AvgIpc) is 3.15. The third-order valence-electron chi connectivity index (χ3n) is 3.82. The van der Waals surface area contributed by atoms with Crippen molar-refractivity contribution in [3.8, 4) is 0 Å². The first-order valence-corrected chi connectivity index (χ1v) is 7.63. The Morgan fingerprint density at radius 2 is 2.22 bits per heavy atom. The summed E-state index contributed by atoms with van der Waals surface area (Å²) in [5.41, 5.74) is 0.959. The van der Waals surface area contributed by atoms with Gasteiger partial charge in [0, 0.05) is 25.8 Å². The fourth-order valence-corrected chi connectivity index (χ4v) is 2.38. The van der Waals surface area contributed by atoms with Crippen molar-refractivity contribution in [1.29, 1.82) is 0 Å². The fraction of sp³-hybridized carbons (Fsp3) is 0.467. The first-order valence-electron chi connectivity index (χ1n) is 7.63. The highest BCUT2D eigenvalue weighted by Crippen LogP contribution is 2.13. The smallest absolute Gasteiger partial charge is 0.244 e. The Morgan fingerprint density at radius 3 is 2.87 bits per heavy atom. The van der Waals surface area contributed by atoms with E-state index in [2.05, 4.69) is 25.3 Å². The van der Waals surface area contributed by atoms with Gasteiger partial charge < -0.3 is 15.0 Å². The highest BCUT2D eigenvalue weighted by atomic mass is 16.5. The molecule has 0 bridgehead atoms. The second kappa shape index (κ2) is 7.19. The lowest BCUT2D eigenvalue weighted by Crippen LogP contribution is -2.36. The SMILES string of the molecule is CC(C(=O)NCc1ccc(N2CCOCC2)nc1)n1cncn1. The van der Waals surface area contributed by atoms with E-state index < -0.39 is 6.04 Å². The average molecular weight is 316 g/mol. The summed E-state index contributed by atoms with van der Waals surface area (Å²) in [6.45, 7) is 5.41. The van der Waals surface area contributed by atoms with Gasteiger partial charge in [-0.05, 0) is 18.6 Å². The predicted octanol–water partition coefficient (Wildman–Crippen LogP) is 0.387. The number of hydrogen-bond acceptors (Lipinski definition) is 6. The highest BCUT2D eigenvalue weighted by molar-refractivity contribution is 5.79. The van der Waals surface area contributed by atoms with Crippen LogP contribution in [-0.4, -0.2) is 52.0 Å². The topological polar surface area (TPSA) is 85.2 Å². The molecule has 0 radical (unpaired) electrons. The van der Waals surface area contributed by atoms with Gasteiger partial charge in [0.1, 0.15) is 24.5 Å². The molecule has 2 aromatic rings. The molecule has 0 saturated carbocycles. The summed E-state index contributed by atoms with van der Waals surface area (Å²) in [6.07, 6.45) is 4.74. The van der Waals surface area contributed by atoms with Gasteiger partial charge in [0.2, 0.25) is 5.91 Å². The second-order valence-corrected chi connectivity index (χ2v) is 5.39. The summed E-state index contributed by atoms with van der Waals surface area (Å²) in [5.74, 6) is 0.840. The fourth-order valence-electron chi connectivity index (χ4n) is 2.38. The van der Waals surface area contributed by atoms with Crippen molar-refractivity contribution in [2.75, 3.05) is 31.2 Å². The Kier molecular flexibility index (Phi) is 4.82. The molecule has 0 aliphatic carbocycles. The number of morpholine rings is 1. The molecule has 122 valence electrons. The number of aromatic nitrogens is 4. The molecule has 0 spiro atoms. The molecule has 1 aliphatic heterocycles. The number of carbonyl (C=O) groups is 1. The third kappa shape index (κ3) is 3.84. The summed E-state index contributed by atoms with van der Waals surface area (Å²) < 4.78 is 6.86. The summed E-state index contributed by atoms with van der Waals surface area (Å²) >= 11 is 0. The molecular formula is C15H20N6O2. The second-order valence-electron chi connectivity index (χ2n) is 5.39. The molecule has 8 nitrogen and oxygen atoms in total. The van der Waals surface area contributed by atoms with Crippen LogP contribution in [0, 0.1) is 0 Å². The van der Waals surface area contributed by atoms with Gasteiger partial charge in [-0.25, -0.2) is 14.6 Å². The van der Waals surface area contributed by atoms with Gasteiger partial charge in [-0.2, -0.15) is 5.10 Å². The molecule has 1 unspecified atom stereocenters. The van der Waals surface area contributed by atoms with E-state index in [0.29, 0.717) is 6.54 Å². The minimum Gasteiger partial charge on any atom is -0.378 e. The normalized spacial score (nSPS) is 16.1. The minimum atomic E-state index is -0.391. The van der Waals surface area contributed by atoms with E-state index in [1.54, 1.807) is 13.1 Å². The molecular weight excluding hydrogens is 296 g/mol. The number of anilines is 1. The molecule has 1 amide bonds. The van der Waals surface area contributed by atoms with Crippen LogP contribution in [0.15, 0.2) is 31.0 Å². The van der Waals surface area contributed by atoms with Crippen LogP contribution in [0.3, 0.4) is 0 Å². The van der Waals surface area contributed by atoms with Crippen molar-refractivity contribution in [1.82, 2.24) is 25.1 Å². The molecule has 1 N–H and O–H groups in total. The number of amides is 1. The minimum absolute atomic E-state index is 0.104. The van der Waals surface area contributed by atoms with Crippen molar-refractivity contribution in [3.05, 3.63) is 36.5 Å². The predicted molar refractivity (Wildman–Crippen MR) is 83.8 cm³/mol. The largest absolute Gasteiger partial charge is 0.378 e. The lowest BCUT2D eigenvalue weighted by atomic mass is 10.2. The molecule has 3 rings (SSSR count). The lowest BCUT2D eigenvalue weighted by Gasteiger charge is -2.27. The van der Waals surface area contributed by atoms with E-state index in [1.807, 2.05) is 12.1 Å². The van der Waals surface area contributed by atoms with Crippen molar-refractivity contribution in [2.45, 2.75) is 19.5 Å². The number of carbonyl (C=O) groups excluding carboxylic acids is 1. The van der Waals surface area contributed by atoms with Crippen LogP contribution >= 0.6 is 0 Å². The number of rotatable bonds is 5. The Morgan fingerprint density at radius 1 is 1.39 bits per heavy atom. The zero-order valence-electron chi connectivity index (χ0n) is 13.1. The number of hydrogen-bond donors (Lipinski definition) is 1. The molecule has 1 fully saturated rings. The van der Waals surface area contributed by atoms with Crippen molar-refractivity contribution < 1.29 is 9.53 Å². The standard InChI is InChI=1S/C15H20N6O2/c1-12(21-11-16-10-19-21)15(22)18-9-13-2-3-14(17-8-13)20-4-6-23-7-5-20/h2-3,8,10-12H,4-7,9H2,1H3,(H,18,22). The van der Waals surface area contributed by atoms with Crippen molar-refractivity contribution >= 4 is 11.7 Å². The molecule has 8 heteroatoms. The Balaban J connectivity index is 1.53. The van der Waals surface area contributed by atoms with Crippen LogP contribution in [-0.2, 0) is 16.1 Å². The van der Waals surface area contributed by atoms with Crippen LogP contribution in [0.1, 0.15) is 18.5 Å². The van der Waals surface area contributed by atoms with Gasteiger partial charge in [0.05, 0.1) is 13.2 Å². The van der Waals surface area contributed by atoms with Crippen LogP contribution in [0.4, 0.5) is 5.82 Å². The quantitative estimate of drug-likeness (QED) is 0.859. The monoisotopic (exact) mass is 316 g/mol. The van der Waals surface area contributed by atoms with Crippen LogP contribution in [0.5, 0.6) is 0 Å². The van der Waals surface area contributed by atoms with E-state index >= 15 is 0 Å². The molecule has 0 aromatic carbocycles. The number of pyridine rings is 1. The molecule has 1 atom stereocenters. The number of nitrogens with one attached hydrogen (secondary N) is 1. The maximum Gasteiger partial charge on any atom is 0.244 e. The summed E-state index contributed by atoms with van der Waals surface area (Å²) in [5, 5.41) is 6.86. The zero-order valence-corrected chi connectivity index (χ0v) is 13.1. The zero-order chi connectivity index (χ0) is 16.1. The van der Waals surface area contributed by atoms with Crippen molar-refractivity contribution in [3.63, 3.8) is 0 Å². The maximum absolute atomic E-state index is 12.1. The van der Waals surface area contributed by atoms with Gasteiger partial charge in [0.25, 0.3) is 0 Å².